The summed E-state index contributed by atoms with van der Waals surface area (Å²) < 4.78 is 0. The maximum Gasteiger partial charge on any atom is 0.185 e. The molecule has 3 nitrogen and oxygen atoms in total. The lowest BCUT2D eigenvalue weighted by Crippen LogP contribution is -2.18. The van der Waals surface area contributed by atoms with Crippen LogP contribution in [0, 0.1) is 5.92 Å². The Labute approximate surface area is 132 Å². The Bertz CT molecular complexity index is 548. The van der Waals surface area contributed by atoms with E-state index in [1.165, 1.54) is 10.4 Å². The molecule has 0 unspecified atom stereocenters. The zero-order chi connectivity index (χ0) is 15.2. The maximum absolute atomic E-state index is 4.85. The molecule has 0 aliphatic heterocycles. The third kappa shape index (κ3) is 4.29. The summed E-state index contributed by atoms with van der Waals surface area (Å²) in [6.07, 6.45) is 0. The van der Waals surface area contributed by atoms with Crippen LogP contribution < -0.4 is 10.2 Å². The fourth-order valence-electron chi connectivity index (χ4n) is 2.05. The molecule has 2 rings (SSSR count). The molecule has 0 saturated heterocycles. The number of benzene rings is 1. The lowest BCUT2D eigenvalue weighted by Gasteiger charge is -2.11. The van der Waals surface area contributed by atoms with E-state index in [9.17, 15) is 0 Å². The fraction of sp³-hybridized carbons (Fsp3) is 0.471. The summed E-state index contributed by atoms with van der Waals surface area (Å²) in [7, 11) is 2.10. The van der Waals surface area contributed by atoms with Crippen LogP contribution in [0.3, 0.4) is 0 Å². The Morgan fingerprint density at radius 2 is 1.95 bits per heavy atom. The van der Waals surface area contributed by atoms with Gasteiger partial charge in [0.25, 0.3) is 0 Å². The largest absolute Gasteiger partial charge is 0.351 e. The highest BCUT2D eigenvalue weighted by molar-refractivity contribution is 7.16. The van der Waals surface area contributed by atoms with E-state index in [1.807, 2.05) is 6.07 Å². The summed E-state index contributed by atoms with van der Waals surface area (Å²) in [5, 5.41) is 4.63. The molecule has 2 aromatic rings. The van der Waals surface area contributed by atoms with Crippen LogP contribution in [0.15, 0.2) is 30.3 Å². The highest BCUT2D eigenvalue weighted by atomic mass is 32.1. The van der Waals surface area contributed by atoms with Gasteiger partial charge < -0.3 is 10.2 Å². The van der Waals surface area contributed by atoms with Crippen molar-refractivity contribution in [3.63, 3.8) is 0 Å². The molecule has 1 heterocycles. The second-order valence-corrected chi connectivity index (χ2v) is 6.74. The summed E-state index contributed by atoms with van der Waals surface area (Å²) in [5.74, 6) is 0.663. The first kappa shape index (κ1) is 16.0. The molecule has 1 aromatic heterocycles. The second kappa shape index (κ2) is 7.57. The number of aromatic nitrogens is 1. The summed E-state index contributed by atoms with van der Waals surface area (Å²) in [6.45, 7) is 9.51. The first-order valence-corrected chi connectivity index (χ1v) is 8.40. The molecule has 1 aromatic carbocycles. The van der Waals surface area contributed by atoms with Crippen molar-refractivity contribution >= 4 is 16.5 Å². The van der Waals surface area contributed by atoms with Crippen LogP contribution in [0.4, 0.5) is 5.13 Å². The molecular formula is C17H25N3S. The van der Waals surface area contributed by atoms with Gasteiger partial charge in [-0.25, -0.2) is 4.98 Å². The van der Waals surface area contributed by atoms with E-state index >= 15 is 0 Å². The highest BCUT2D eigenvalue weighted by Crippen LogP contribution is 2.32. The van der Waals surface area contributed by atoms with Crippen LogP contribution in [0.1, 0.15) is 25.6 Å². The van der Waals surface area contributed by atoms with E-state index < -0.39 is 0 Å². The maximum atomic E-state index is 4.85. The van der Waals surface area contributed by atoms with Gasteiger partial charge in [0.1, 0.15) is 0 Å². The zero-order valence-corrected chi connectivity index (χ0v) is 14.2. The highest BCUT2D eigenvalue weighted by Gasteiger charge is 2.14. The Morgan fingerprint density at radius 1 is 1.24 bits per heavy atom. The van der Waals surface area contributed by atoms with Crippen molar-refractivity contribution in [2.24, 2.45) is 5.92 Å². The number of hydrogen-bond donors (Lipinski definition) is 1. The van der Waals surface area contributed by atoms with Gasteiger partial charge >= 0.3 is 0 Å². The fourth-order valence-corrected chi connectivity index (χ4v) is 3.13. The first-order chi connectivity index (χ1) is 10.1. The van der Waals surface area contributed by atoms with E-state index in [4.69, 9.17) is 4.98 Å². The van der Waals surface area contributed by atoms with E-state index in [0.717, 1.165) is 30.5 Å². The molecule has 0 atom stereocenters. The molecule has 4 heteroatoms. The minimum Gasteiger partial charge on any atom is -0.351 e. The normalized spacial score (nSPS) is 11.1. The van der Waals surface area contributed by atoms with Crippen molar-refractivity contribution in [3.8, 4) is 11.3 Å². The van der Waals surface area contributed by atoms with E-state index in [-0.39, 0.29) is 0 Å². The number of hydrogen-bond acceptors (Lipinski definition) is 4. The molecule has 0 amide bonds. The third-order valence-electron chi connectivity index (χ3n) is 3.37. The molecular weight excluding hydrogens is 278 g/mol. The molecule has 0 aliphatic rings. The van der Waals surface area contributed by atoms with Crippen LogP contribution in [0.5, 0.6) is 0 Å². The minimum absolute atomic E-state index is 0.663. The van der Waals surface area contributed by atoms with Gasteiger partial charge in [0.05, 0.1) is 5.69 Å². The summed E-state index contributed by atoms with van der Waals surface area (Å²) in [5.41, 5.74) is 2.32. The van der Waals surface area contributed by atoms with Crippen LogP contribution in [-0.4, -0.2) is 25.1 Å². The molecule has 0 spiro atoms. The van der Waals surface area contributed by atoms with Gasteiger partial charge in [-0.3, -0.25) is 0 Å². The summed E-state index contributed by atoms with van der Waals surface area (Å²) in [4.78, 5) is 8.37. The SMILES string of the molecule is CCN(C)c1nc(-c2ccccc2)c(CNCC(C)C)s1. The molecule has 0 radical (unpaired) electrons. The van der Waals surface area contributed by atoms with Gasteiger partial charge in [0.15, 0.2) is 5.13 Å². The lowest BCUT2D eigenvalue weighted by molar-refractivity contribution is 0.555. The summed E-state index contributed by atoms with van der Waals surface area (Å²) in [6, 6.07) is 10.5. The minimum atomic E-state index is 0.663. The lowest BCUT2D eigenvalue weighted by atomic mass is 10.1. The van der Waals surface area contributed by atoms with Crippen molar-refractivity contribution < 1.29 is 0 Å². The summed E-state index contributed by atoms with van der Waals surface area (Å²) >= 11 is 1.79. The van der Waals surface area contributed by atoms with E-state index in [1.54, 1.807) is 11.3 Å². The topological polar surface area (TPSA) is 28.2 Å². The van der Waals surface area contributed by atoms with Gasteiger partial charge in [0.2, 0.25) is 0 Å². The van der Waals surface area contributed by atoms with Crippen LogP contribution in [0.2, 0.25) is 0 Å². The first-order valence-electron chi connectivity index (χ1n) is 7.58. The van der Waals surface area contributed by atoms with Crippen molar-refractivity contribution in [3.05, 3.63) is 35.2 Å². The molecule has 21 heavy (non-hydrogen) atoms. The third-order valence-corrected chi connectivity index (χ3v) is 4.54. The average molecular weight is 303 g/mol. The number of anilines is 1. The van der Waals surface area contributed by atoms with Crippen LogP contribution in [0.25, 0.3) is 11.3 Å². The Hall–Kier alpha value is -1.39. The van der Waals surface area contributed by atoms with E-state index in [0.29, 0.717) is 5.92 Å². The quantitative estimate of drug-likeness (QED) is 0.837. The zero-order valence-electron chi connectivity index (χ0n) is 13.4. The molecule has 114 valence electrons. The predicted molar refractivity (Wildman–Crippen MR) is 93.0 cm³/mol. The van der Waals surface area contributed by atoms with Crippen molar-refractivity contribution in [1.82, 2.24) is 10.3 Å². The number of nitrogens with one attached hydrogen (secondary N) is 1. The van der Waals surface area contributed by atoms with Crippen molar-refractivity contribution in [2.75, 3.05) is 25.0 Å². The smallest absolute Gasteiger partial charge is 0.185 e. The molecule has 1 N–H and O–H groups in total. The molecule has 0 saturated carbocycles. The van der Waals surface area contributed by atoms with E-state index in [2.05, 4.69) is 62.3 Å². The molecule has 0 fully saturated rings. The van der Waals surface area contributed by atoms with Crippen LogP contribution >= 0.6 is 11.3 Å². The van der Waals surface area contributed by atoms with Crippen molar-refractivity contribution in [1.29, 1.82) is 0 Å². The molecule has 0 bridgehead atoms. The Kier molecular flexibility index (Phi) is 5.76. The monoisotopic (exact) mass is 303 g/mol. The van der Waals surface area contributed by atoms with Crippen LogP contribution in [-0.2, 0) is 6.54 Å². The molecule has 0 aliphatic carbocycles. The number of thiazole rings is 1. The van der Waals surface area contributed by atoms with Crippen molar-refractivity contribution in [2.45, 2.75) is 27.3 Å². The standard InChI is InChI=1S/C17H25N3S/c1-5-20(4)17-19-16(14-9-7-6-8-10-14)15(21-17)12-18-11-13(2)3/h6-10,13,18H,5,11-12H2,1-4H3. The predicted octanol–water partition coefficient (Wildman–Crippen LogP) is 4.01. The van der Waals surface area contributed by atoms with Gasteiger partial charge in [-0.2, -0.15) is 0 Å². The Balaban J connectivity index is 2.25. The van der Waals surface area contributed by atoms with Gasteiger partial charge in [-0.15, -0.1) is 0 Å². The van der Waals surface area contributed by atoms with Gasteiger partial charge in [-0.05, 0) is 19.4 Å². The average Bonchev–Trinajstić information content (AvgIpc) is 2.91. The number of rotatable bonds is 7. The number of nitrogens with zero attached hydrogens (tertiary/aromatic N) is 2. The Morgan fingerprint density at radius 3 is 2.57 bits per heavy atom. The van der Waals surface area contributed by atoms with Gasteiger partial charge in [-0.1, -0.05) is 55.5 Å². The van der Waals surface area contributed by atoms with Gasteiger partial charge in [0, 0.05) is 30.6 Å². The second-order valence-electron chi connectivity index (χ2n) is 5.67.